The van der Waals surface area contributed by atoms with E-state index in [1.165, 1.54) is 49.8 Å². The van der Waals surface area contributed by atoms with Gasteiger partial charge in [0.25, 0.3) is 0 Å². The van der Waals surface area contributed by atoms with Crippen LogP contribution in [0.25, 0.3) is 33.1 Å². The number of anilines is 2. The number of nitrogens with zero attached hydrogens (tertiary/aromatic N) is 3. The molecule has 2 aliphatic rings. The van der Waals surface area contributed by atoms with Crippen LogP contribution in [0.4, 0.5) is 11.4 Å². The van der Waals surface area contributed by atoms with Crippen molar-refractivity contribution in [2.24, 2.45) is 0 Å². The molecule has 3 aromatic carbocycles. The summed E-state index contributed by atoms with van der Waals surface area (Å²) in [7, 11) is 0. The smallest absolute Gasteiger partial charge is 0.359 e. The Bertz CT molecular complexity index is 1500. The van der Waals surface area contributed by atoms with E-state index in [4.69, 9.17) is 4.98 Å². The van der Waals surface area contributed by atoms with Crippen molar-refractivity contribution < 1.29 is 0 Å². The molecule has 0 N–H and O–H groups in total. The highest BCUT2D eigenvalue weighted by Gasteiger charge is 2.45. The molecule has 2 aromatic heterocycles. The van der Waals surface area contributed by atoms with E-state index < -0.39 is 0 Å². The van der Waals surface area contributed by atoms with Crippen LogP contribution in [0.1, 0.15) is 25.3 Å². The molecule has 0 saturated carbocycles. The maximum absolute atomic E-state index is 4.85. The number of aromatic nitrogens is 2. The Balaban J connectivity index is 1.65. The molecular weight excluding hydrogens is 365 g/mol. The molecule has 0 spiro atoms. The molecule has 30 heavy (non-hydrogen) atoms. The zero-order valence-corrected chi connectivity index (χ0v) is 17.0. The second-order valence-corrected chi connectivity index (χ2v) is 8.68. The highest BCUT2D eigenvalue weighted by Crippen LogP contribution is 2.48. The molecule has 7 rings (SSSR count). The van der Waals surface area contributed by atoms with E-state index >= 15 is 0 Å². The van der Waals surface area contributed by atoms with Crippen LogP contribution in [0.5, 0.6) is 0 Å². The molecule has 142 valence electrons. The van der Waals surface area contributed by atoms with Gasteiger partial charge in [0.05, 0.1) is 16.9 Å². The molecule has 3 nitrogen and oxygen atoms in total. The van der Waals surface area contributed by atoms with Gasteiger partial charge in [-0.3, -0.25) is 4.98 Å². The van der Waals surface area contributed by atoms with Crippen LogP contribution in [-0.2, 0) is 0 Å². The molecule has 5 aromatic rings. The number of para-hydroxylation sites is 2. The van der Waals surface area contributed by atoms with Gasteiger partial charge in [0.15, 0.2) is 0 Å². The average Bonchev–Trinajstić information content (AvgIpc) is 3.31. The quantitative estimate of drug-likeness (QED) is 0.346. The third-order valence-electron chi connectivity index (χ3n) is 6.78. The second kappa shape index (κ2) is 5.54. The summed E-state index contributed by atoms with van der Waals surface area (Å²) in [6, 6.07) is 26.7. The van der Waals surface area contributed by atoms with Crippen molar-refractivity contribution in [3.05, 3.63) is 84.6 Å². The van der Waals surface area contributed by atoms with E-state index in [1.807, 2.05) is 6.20 Å². The predicted octanol–water partition coefficient (Wildman–Crippen LogP) is 5.69. The maximum Gasteiger partial charge on any atom is 0.423 e. The first-order chi connectivity index (χ1) is 14.7. The Labute approximate surface area is 175 Å². The lowest BCUT2D eigenvalue weighted by atomic mass is 9.61. The van der Waals surface area contributed by atoms with Crippen LogP contribution in [0, 0.1) is 0 Å². The minimum Gasteiger partial charge on any atom is -0.359 e. The Kier molecular flexibility index (Phi) is 3.01. The molecule has 4 heteroatoms. The topological polar surface area (TPSA) is 21.1 Å². The molecule has 0 fully saturated rings. The molecule has 0 unspecified atom stereocenters. The molecule has 0 aliphatic carbocycles. The van der Waals surface area contributed by atoms with Crippen molar-refractivity contribution in [1.29, 1.82) is 0 Å². The SMILES string of the molecule is CC(C)c1ccc2c(c1)N1B(c3cccnc3-2)n2c3ccccc3c3cccc1c32. The Hall–Kier alpha value is -3.53. The van der Waals surface area contributed by atoms with Gasteiger partial charge in [0.1, 0.15) is 0 Å². The predicted molar refractivity (Wildman–Crippen MR) is 126 cm³/mol. The maximum atomic E-state index is 4.85. The summed E-state index contributed by atoms with van der Waals surface area (Å²) in [6.45, 7) is 4.61. The summed E-state index contributed by atoms with van der Waals surface area (Å²) in [4.78, 5) is 7.37. The third-order valence-corrected chi connectivity index (χ3v) is 6.78. The monoisotopic (exact) mass is 385 g/mol. The number of hydrogen-bond acceptors (Lipinski definition) is 2. The summed E-state index contributed by atoms with van der Waals surface area (Å²) >= 11 is 0. The number of rotatable bonds is 1. The second-order valence-electron chi connectivity index (χ2n) is 8.68. The van der Waals surface area contributed by atoms with Gasteiger partial charge in [-0.1, -0.05) is 62.4 Å². The highest BCUT2D eigenvalue weighted by atomic mass is 15.2. The van der Waals surface area contributed by atoms with Gasteiger partial charge >= 0.3 is 6.98 Å². The lowest BCUT2D eigenvalue weighted by molar-refractivity contribution is 0.866. The molecule has 4 heterocycles. The largest absolute Gasteiger partial charge is 0.423 e. The minimum absolute atomic E-state index is 0.0865. The fourth-order valence-electron chi connectivity index (χ4n) is 5.43. The molecule has 0 amide bonds. The molecule has 0 saturated heterocycles. The molecule has 0 atom stereocenters. The van der Waals surface area contributed by atoms with Crippen molar-refractivity contribution in [3.8, 4) is 11.3 Å². The van der Waals surface area contributed by atoms with E-state index in [9.17, 15) is 0 Å². The Morgan fingerprint density at radius 1 is 0.833 bits per heavy atom. The van der Waals surface area contributed by atoms with E-state index in [1.54, 1.807) is 0 Å². The van der Waals surface area contributed by atoms with Crippen molar-refractivity contribution in [2.75, 3.05) is 4.81 Å². The van der Waals surface area contributed by atoms with Crippen LogP contribution in [0.15, 0.2) is 79.0 Å². The van der Waals surface area contributed by atoms with Gasteiger partial charge < -0.3 is 9.29 Å². The fourth-order valence-corrected chi connectivity index (χ4v) is 5.43. The van der Waals surface area contributed by atoms with Crippen molar-refractivity contribution in [2.45, 2.75) is 19.8 Å². The highest BCUT2D eigenvalue weighted by molar-refractivity contribution is 6.82. The third kappa shape index (κ3) is 1.85. The first-order valence-electron chi connectivity index (χ1n) is 10.6. The van der Waals surface area contributed by atoms with Crippen LogP contribution in [-0.4, -0.2) is 16.4 Å². The van der Waals surface area contributed by atoms with Crippen molar-refractivity contribution in [1.82, 2.24) is 9.46 Å². The van der Waals surface area contributed by atoms with Gasteiger partial charge in [0, 0.05) is 33.7 Å². The first kappa shape index (κ1) is 16.3. The summed E-state index contributed by atoms with van der Waals surface area (Å²) in [5.41, 5.74) is 10.1. The number of fused-ring (bicyclic) bond motifs is 11. The number of benzene rings is 3. The lowest BCUT2D eigenvalue weighted by Gasteiger charge is -2.34. The molecule has 0 radical (unpaired) electrons. The van der Waals surface area contributed by atoms with E-state index in [0.29, 0.717) is 5.92 Å². The van der Waals surface area contributed by atoms with E-state index in [-0.39, 0.29) is 6.98 Å². The Morgan fingerprint density at radius 3 is 2.60 bits per heavy atom. The zero-order valence-electron chi connectivity index (χ0n) is 17.0. The number of pyridine rings is 1. The van der Waals surface area contributed by atoms with Gasteiger partial charge in [0.2, 0.25) is 0 Å². The average molecular weight is 385 g/mol. The summed E-state index contributed by atoms with van der Waals surface area (Å²) in [5, 5.41) is 2.64. The first-order valence-corrected chi connectivity index (χ1v) is 10.6. The lowest BCUT2D eigenvalue weighted by Crippen LogP contribution is -2.51. The van der Waals surface area contributed by atoms with Gasteiger partial charge in [-0.25, -0.2) is 0 Å². The fraction of sp³-hybridized carbons (Fsp3) is 0.115. The van der Waals surface area contributed by atoms with Crippen LogP contribution in [0.2, 0.25) is 0 Å². The normalized spacial score (nSPS) is 13.8. The molecule has 2 aliphatic heterocycles. The minimum atomic E-state index is 0.0865. The van der Waals surface area contributed by atoms with Crippen molar-refractivity contribution in [3.63, 3.8) is 0 Å². The summed E-state index contributed by atoms with van der Waals surface area (Å²) in [6.07, 6.45) is 1.92. The van der Waals surface area contributed by atoms with Crippen LogP contribution >= 0.6 is 0 Å². The van der Waals surface area contributed by atoms with Crippen molar-refractivity contribution >= 4 is 45.6 Å². The molecular formula is C26H20BN3. The van der Waals surface area contributed by atoms with E-state index in [0.717, 1.165) is 5.69 Å². The Morgan fingerprint density at radius 2 is 1.70 bits per heavy atom. The van der Waals surface area contributed by atoms with Gasteiger partial charge in [-0.2, -0.15) is 0 Å². The van der Waals surface area contributed by atoms with E-state index in [2.05, 4.69) is 95.9 Å². The summed E-state index contributed by atoms with van der Waals surface area (Å²) in [5.74, 6) is 0.483. The van der Waals surface area contributed by atoms with Crippen LogP contribution in [0.3, 0.4) is 0 Å². The van der Waals surface area contributed by atoms with Gasteiger partial charge in [-0.05, 0) is 41.2 Å². The van der Waals surface area contributed by atoms with Crippen LogP contribution < -0.4 is 10.3 Å². The van der Waals surface area contributed by atoms with Gasteiger partial charge in [-0.15, -0.1) is 0 Å². The number of hydrogen-bond donors (Lipinski definition) is 0. The zero-order chi connectivity index (χ0) is 20.0. The molecule has 0 bridgehead atoms. The summed E-state index contributed by atoms with van der Waals surface area (Å²) < 4.78 is 2.52. The standard InChI is InChI=1S/C26H20BN3/c1-16(2)17-12-13-20-24(15-17)29-23-11-5-8-19-18-7-3-4-10-22(18)30(26(19)23)27(29)21-9-6-14-28-25(20)21/h3-16H,1-2H3.